The molecule has 0 spiro atoms. The summed E-state index contributed by atoms with van der Waals surface area (Å²) in [5, 5.41) is 10.5. The number of rotatable bonds is 2. The van der Waals surface area contributed by atoms with E-state index in [1.165, 1.54) is 51.4 Å². The minimum atomic E-state index is 0.751. The lowest BCUT2D eigenvalue weighted by atomic mass is 9.85. The summed E-state index contributed by atoms with van der Waals surface area (Å²) in [6, 6.07) is 11.0. The van der Waals surface area contributed by atoms with Gasteiger partial charge in [0.15, 0.2) is 5.82 Å². The molecule has 1 aliphatic carbocycles. The third kappa shape index (κ3) is 2.72. The van der Waals surface area contributed by atoms with Crippen LogP contribution in [0.3, 0.4) is 0 Å². The van der Waals surface area contributed by atoms with E-state index in [-0.39, 0.29) is 0 Å². The van der Waals surface area contributed by atoms with Crippen molar-refractivity contribution in [2.45, 2.75) is 32.2 Å². The van der Waals surface area contributed by atoms with E-state index in [9.17, 15) is 0 Å². The normalized spacial score (nSPS) is 17.8. The first kappa shape index (κ1) is 18.3. The fourth-order valence-electron chi connectivity index (χ4n) is 5.61. The number of ether oxygens (including phenoxy) is 1. The van der Waals surface area contributed by atoms with Crippen LogP contribution in [-0.2, 0) is 24.1 Å². The third-order valence-corrected chi connectivity index (χ3v) is 7.20. The second-order valence-electron chi connectivity index (χ2n) is 9.04. The molecule has 32 heavy (non-hydrogen) atoms. The number of hydrogen-bond donors (Lipinski definition) is 1. The minimum Gasteiger partial charge on any atom is -0.378 e. The SMILES string of the molecule is C1=NCc2ccc(-c3nc4ccc5[nH]nc(N6CCOCC6)c5c4c4c3CCCC4)cc21. The van der Waals surface area contributed by atoms with Crippen LogP contribution in [0.25, 0.3) is 33.1 Å². The van der Waals surface area contributed by atoms with Crippen molar-refractivity contribution in [3.05, 3.63) is 52.6 Å². The van der Waals surface area contributed by atoms with Crippen molar-refractivity contribution in [3.8, 4) is 11.3 Å². The Labute approximate surface area is 186 Å². The summed E-state index contributed by atoms with van der Waals surface area (Å²) in [4.78, 5) is 12.1. The Morgan fingerprint density at radius 3 is 2.72 bits per heavy atom. The summed E-state index contributed by atoms with van der Waals surface area (Å²) < 4.78 is 5.58. The number of fused-ring (bicyclic) bond motifs is 6. The molecule has 6 nitrogen and oxygen atoms in total. The van der Waals surface area contributed by atoms with E-state index in [1.807, 2.05) is 6.21 Å². The molecule has 6 heteroatoms. The second-order valence-corrected chi connectivity index (χ2v) is 9.04. The van der Waals surface area contributed by atoms with E-state index in [1.54, 1.807) is 0 Å². The Bertz CT molecular complexity index is 1400. The number of anilines is 1. The summed E-state index contributed by atoms with van der Waals surface area (Å²) in [7, 11) is 0. The van der Waals surface area contributed by atoms with Gasteiger partial charge < -0.3 is 9.64 Å². The highest BCUT2D eigenvalue weighted by atomic mass is 16.5. The Morgan fingerprint density at radius 2 is 1.81 bits per heavy atom. The fraction of sp³-hybridized carbons (Fsp3) is 0.346. The average molecular weight is 424 g/mol. The maximum absolute atomic E-state index is 5.58. The molecule has 4 aromatic rings. The summed E-state index contributed by atoms with van der Waals surface area (Å²) in [6.45, 7) is 4.05. The first-order valence-corrected chi connectivity index (χ1v) is 11.7. The van der Waals surface area contributed by atoms with Crippen molar-refractivity contribution < 1.29 is 4.74 Å². The number of nitrogens with zero attached hydrogens (tertiary/aromatic N) is 4. The molecule has 0 bridgehead atoms. The van der Waals surface area contributed by atoms with Crippen molar-refractivity contribution >= 4 is 33.8 Å². The molecule has 160 valence electrons. The molecule has 7 rings (SSSR count). The number of H-pyrrole nitrogens is 1. The van der Waals surface area contributed by atoms with Gasteiger partial charge in [-0.15, -0.1) is 0 Å². The van der Waals surface area contributed by atoms with Gasteiger partial charge in [-0.2, -0.15) is 5.10 Å². The number of nitrogens with one attached hydrogen (secondary N) is 1. The summed E-state index contributed by atoms with van der Waals surface area (Å²) >= 11 is 0. The predicted octanol–water partition coefficient (Wildman–Crippen LogP) is 4.43. The molecular formula is C26H25N5O. The topological polar surface area (TPSA) is 66.4 Å². The van der Waals surface area contributed by atoms with Crippen LogP contribution in [0.2, 0.25) is 0 Å². The van der Waals surface area contributed by atoms with Crippen LogP contribution >= 0.6 is 0 Å². The number of morpholine rings is 1. The largest absolute Gasteiger partial charge is 0.378 e. The van der Waals surface area contributed by atoms with Crippen LogP contribution in [0.15, 0.2) is 35.3 Å². The molecule has 3 aliphatic rings. The number of hydrogen-bond acceptors (Lipinski definition) is 5. The van der Waals surface area contributed by atoms with Crippen molar-refractivity contribution in [1.82, 2.24) is 15.2 Å². The zero-order valence-electron chi connectivity index (χ0n) is 18.0. The van der Waals surface area contributed by atoms with Gasteiger partial charge in [0, 0.05) is 30.3 Å². The Balaban J connectivity index is 1.49. The van der Waals surface area contributed by atoms with Gasteiger partial charge in [0.1, 0.15) is 0 Å². The van der Waals surface area contributed by atoms with Crippen molar-refractivity contribution in [2.75, 3.05) is 31.2 Å². The molecule has 0 amide bonds. The van der Waals surface area contributed by atoms with Gasteiger partial charge in [-0.1, -0.05) is 12.1 Å². The molecule has 2 aromatic heterocycles. The van der Waals surface area contributed by atoms with Gasteiger partial charge >= 0.3 is 0 Å². The lowest BCUT2D eigenvalue weighted by Gasteiger charge is -2.28. The van der Waals surface area contributed by atoms with Crippen LogP contribution < -0.4 is 4.90 Å². The first-order chi connectivity index (χ1) is 15.9. The Hall–Kier alpha value is -3.25. The quantitative estimate of drug-likeness (QED) is 0.518. The predicted molar refractivity (Wildman–Crippen MR) is 128 cm³/mol. The second kappa shape index (κ2) is 7.14. The highest BCUT2D eigenvalue weighted by Gasteiger charge is 2.25. The number of pyridine rings is 1. The van der Waals surface area contributed by atoms with E-state index in [4.69, 9.17) is 14.8 Å². The molecular weight excluding hydrogens is 398 g/mol. The molecule has 0 atom stereocenters. The van der Waals surface area contributed by atoms with Gasteiger partial charge in [-0.3, -0.25) is 10.1 Å². The standard InChI is InChI=1S/C26H25N5O/c1-2-4-20-19(3-1)23-21(28-25(20)16-5-6-17-14-27-15-18(17)13-16)7-8-22-24(23)26(30-29-22)31-9-11-32-12-10-31/h5-8,13,15H,1-4,9-12,14H2,(H,29,30). The maximum atomic E-state index is 5.58. The van der Waals surface area contributed by atoms with Gasteiger partial charge in [-0.25, -0.2) is 4.98 Å². The molecule has 0 unspecified atom stereocenters. The lowest BCUT2D eigenvalue weighted by molar-refractivity contribution is 0.122. The van der Waals surface area contributed by atoms with E-state index in [2.05, 4.69) is 45.3 Å². The molecule has 1 saturated heterocycles. The zero-order valence-corrected chi connectivity index (χ0v) is 18.0. The van der Waals surface area contributed by atoms with E-state index >= 15 is 0 Å². The van der Waals surface area contributed by atoms with Crippen LogP contribution in [0.5, 0.6) is 0 Å². The molecule has 1 fully saturated rings. The highest BCUT2D eigenvalue weighted by molar-refractivity contribution is 6.13. The molecule has 0 radical (unpaired) electrons. The molecule has 2 aromatic carbocycles. The Morgan fingerprint density at radius 1 is 0.938 bits per heavy atom. The van der Waals surface area contributed by atoms with Crippen LogP contribution in [-0.4, -0.2) is 47.7 Å². The van der Waals surface area contributed by atoms with Crippen molar-refractivity contribution in [2.24, 2.45) is 4.99 Å². The maximum Gasteiger partial charge on any atom is 0.159 e. The monoisotopic (exact) mass is 423 g/mol. The van der Waals surface area contributed by atoms with Crippen LogP contribution in [0.1, 0.15) is 35.1 Å². The number of aromatic amines is 1. The fourth-order valence-corrected chi connectivity index (χ4v) is 5.61. The first-order valence-electron chi connectivity index (χ1n) is 11.7. The summed E-state index contributed by atoms with van der Waals surface area (Å²) in [5.74, 6) is 1.05. The molecule has 2 aliphatic heterocycles. The smallest absolute Gasteiger partial charge is 0.159 e. The zero-order chi connectivity index (χ0) is 21.1. The minimum absolute atomic E-state index is 0.751. The van der Waals surface area contributed by atoms with E-state index < -0.39 is 0 Å². The van der Waals surface area contributed by atoms with Gasteiger partial charge in [0.25, 0.3) is 0 Å². The number of benzene rings is 2. The highest BCUT2D eigenvalue weighted by Crippen LogP contribution is 2.40. The number of aryl methyl sites for hydroxylation is 1. The van der Waals surface area contributed by atoms with Gasteiger partial charge in [0.2, 0.25) is 0 Å². The van der Waals surface area contributed by atoms with E-state index in [0.717, 1.165) is 68.2 Å². The molecule has 1 N–H and O–H groups in total. The van der Waals surface area contributed by atoms with Gasteiger partial charge in [0.05, 0.1) is 41.9 Å². The van der Waals surface area contributed by atoms with Crippen LogP contribution in [0.4, 0.5) is 5.82 Å². The van der Waals surface area contributed by atoms with Crippen molar-refractivity contribution in [3.63, 3.8) is 0 Å². The average Bonchev–Trinajstić information content (AvgIpc) is 3.50. The Kier molecular flexibility index (Phi) is 4.09. The molecule has 0 saturated carbocycles. The van der Waals surface area contributed by atoms with Crippen LogP contribution in [0, 0.1) is 0 Å². The van der Waals surface area contributed by atoms with Crippen molar-refractivity contribution in [1.29, 1.82) is 0 Å². The summed E-state index contributed by atoms with van der Waals surface area (Å²) in [6.07, 6.45) is 6.62. The van der Waals surface area contributed by atoms with E-state index in [0.29, 0.717) is 0 Å². The van der Waals surface area contributed by atoms with Gasteiger partial charge in [-0.05, 0) is 66.1 Å². The number of aliphatic imine (C=N–C) groups is 1. The lowest BCUT2D eigenvalue weighted by Crippen LogP contribution is -2.36. The summed E-state index contributed by atoms with van der Waals surface area (Å²) in [5.41, 5.74) is 9.93. The molecule has 4 heterocycles. The third-order valence-electron chi connectivity index (χ3n) is 7.20. The number of aromatic nitrogens is 3.